The second-order valence-electron chi connectivity index (χ2n) is 7.16. The summed E-state index contributed by atoms with van der Waals surface area (Å²) in [5.74, 6) is 1.82. The highest BCUT2D eigenvalue weighted by atomic mass is 35.5. The van der Waals surface area contributed by atoms with Crippen LogP contribution in [0.5, 0.6) is 0 Å². The van der Waals surface area contributed by atoms with Crippen molar-refractivity contribution in [2.24, 2.45) is 0 Å². The molecule has 164 valence electrons. The molecule has 0 saturated carbocycles. The quantitative estimate of drug-likeness (QED) is 0.310. The fourth-order valence-corrected chi connectivity index (χ4v) is 4.27. The van der Waals surface area contributed by atoms with Crippen molar-refractivity contribution in [2.75, 3.05) is 12.3 Å². The molecule has 0 aliphatic heterocycles. The molecule has 4 rings (SSSR count). The van der Waals surface area contributed by atoms with Crippen molar-refractivity contribution in [3.8, 4) is 11.4 Å². The number of hydrogen-bond donors (Lipinski definition) is 0. The smallest absolute Gasteiger partial charge is 0.233 e. The van der Waals surface area contributed by atoms with Gasteiger partial charge >= 0.3 is 0 Å². The van der Waals surface area contributed by atoms with E-state index < -0.39 is 0 Å². The molecule has 4 aromatic rings. The van der Waals surface area contributed by atoms with E-state index in [2.05, 4.69) is 10.2 Å². The Hall–Kier alpha value is -3.03. The van der Waals surface area contributed by atoms with Gasteiger partial charge in [-0.05, 0) is 48.9 Å². The zero-order valence-corrected chi connectivity index (χ0v) is 19.2. The van der Waals surface area contributed by atoms with Crippen LogP contribution in [0, 0.1) is 0 Å². The van der Waals surface area contributed by atoms with Gasteiger partial charge in [0.1, 0.15) is 5.76 Å². The maximum absolute atomic E-state index is 12.9. The highest BCUT2D eigenvalue weighted by molar-refractivity contribution is 7.99. The van der Waals surface area contributed by atoms with Gasteiger partial charge in [0.25, 0.3) is 0 Å². The summed E-state index contributed by atoms with van der Waals surface area (Å²) in [4.78, 5) is 14.8. The van der Waals surface area contributed by atoms with Gasteiger partial charge in [-0.15, -0.1) is 10.2 Å². The van der Waals surface area contributed by atoms with Gasteiger partial charge < -0.3 is 9.32 Å². The molecule has 0 fully saturated rings. The van der Waals surface area contributed by atoms with Crippen LogP contribution in [0.15, 0.2) is 82.6 Å². The molecule has 1 amide bonds. The van der Waals surface area contributed by atoms with Gasteiger partial charge in [-0.25, -0.2) is 0 Å². The number of hydrogen-bond acceptors (Lipinski definition) is 5. The molecule has 0 aliphatic carbocycles. The number of carbonyl (C=O) groups is 1. The van der Waals surface area contributed by atoms with E-state index in [0.717, 1.165) is 16.9 Å². The van der Waals surface area contributed by atoms with E-state index in [9.17, 15) is 4.79 Å². The van der Waals surface area contributed by atoms with E-state index in [1.807, 2.05) is 83.1 Å². The third-order valence-corrected chi connectivity index (χ3v) is 6.19. The summed E-state index contributed by atoms with van der Waals surface area (Å²) in [7, 11) is 0. The van der Waals surface area contributed by atoms with Crippen molar-refractivity contribution in [3.63, 3.8) is 0 Å². The van der Waals surface area contributed by atoms with Crippen LogP contribution in [0.2, 0.25) is 5.02 Å². The van der Waals surface area contributed by atoms with E-state index in [1.54, 1.807) is 6.26 Å². The molecule has 0 radical (unpaired) electrons. The number of carbonyl (C=O) groups excluding carboxylic acids is 1. The predicted molar refractivity (Wildman–Crippen MR) is 127 cm³/mol. The number of amides is 1. The Kier molecular flexibility index (Phi) is 7.29. The first kappa shape index (κ1) is 22.2. The lowest BCUT2D eigenvalue weighted by Crippen LogP contribution is -2.31. The number of aromatic nitrogens is 3. The maximum Gasteiger partial charge on any atom is 0.233 e. The first-order valence-electron chi connectivity index (χ1n) is 10.3. The monoisotopic (exact) mass is 466 g/mol. The normalized spacial score (nSPS) is 10.9. The zero-order chi connectivity index (χ0) is 22.3. The zero-order valence-electron chi connectivity index (χ0n) is 17.6. The Bertz CT molecular complexity index is 1140. The molecule has 0 unspecified atom stereocenters. The predicted octanol–water partition coefficient (Wildman–Crippen LogP) is 5.38. The number of nitrogens with zero attached hydrogens (tertiary/aromatic N) is 4. The van der Waals surface area contributed by atoms with Gasteiger partial charge in [0, 0.05) is 23.7 Å². The van der Waals surface area contributed by atoms with Crippen LogP contribution in [-0.2, 0) is 17.9 Å². The molecule has 0 bridgehead atoms. The van der Waals surface area contributed by atoms with Gasteiger partial charge in [0.05, 0.1) is 18.6 Å². The lowest BCUT2D eigenvalue weighted by molar-refractivity contribution is -0.128. The van der Waals surface area contributed by atoms with E-state index >= 15 is 0 Å². The summed E-state index contributed by atoms with van der Waals surface area (Å²) in [6.45, 7) is 3.69. The number of thioether (sulfide) groups is 1. The Morgan fingerprint density at radius 3 is 2.53 bits per heavy atom. The van der Waals surface area contributed by atoms with Gasteiger partial charge in [-0.2, -0.15) is 0 Å². The SMILES string of the molecule is CCN(Cc1ccccc1)C(=O)CSc1nnc(-c2ccc(Cl)cc2)n1Cc1ccco1. The van der Waals surface area contributed by atoms with Gasteiger partial charge in [0.2, 0.25) is 5.91 Å². The largest absolute Gasteiger partial charge is 0.467 e. The Labute approximate surface area is 196 Å². The van der Waals surface area contributed by atoms with Crippen LogP contribution in [0.1, 0.15) is 18.2 Å². The molecule has 2 aromatic heterocycles. The van der Waals surface area contributed by atoms with E-state index in [1.165, 1.54) is 11.8 Å². The molecule has 0 atom stereocenters. The minimum absolute atomic E-state index is 0.0574. The lowest BCUT2D eigenvalue weighted by Gasteiger charge is -2.20. The van der Waals surface area contributed by atoms with Gasteiger partial charge in [-0.3, -0.25) is 9.36 Å². The first-order valence-corrected chi connectivity index (χ1v) is 11.7. The minimum Gasteiger partial charge on any atom is -0.467 e. The average Bonchev–Trinajstić information content (AvgIpc) is 3.47. The van der Waals surface area contributed by atoms with E-state index in [0.29, 0.717) is 35.6 Å². The van der Waals surface area contributed by atoms with Crippen molar-refractivity contribution in [3.05, 3.63) is 89.3 Å². The van der Waals surface area contributed by atoms with Crippen LogP contribution < -0.4 is 0 Å². The third-order valence-electron chi connectivity index (χ3n) is 4.99. The Morgan fingerprint density at radius 1 is 1.06 bits per heavy atom. The number of rotatable bonds is 9. The summed E-state index contributed by atoms with van der Waals surface area (Å²) in [6.07, 6.45) is 1.64. The van der Waals surface area contributed by atoms with E-state index in [-0.39, 0.29) is 11.7 Å². The molecule has 8 heteroatoms. The topological polar surface area (TPSA) is 64.2 Å². The van der Waals surface area contributed by atoms with Crippen molar-refractivity contribution in [2.45, 2.75) is 25.2 Å². The molecular weight excluding hydrogens is 444 g/mol. The van der Waals surface area contributed by atoms with Crippen LogP contribution in [0.3, 0.4) is 0 Å². The van der Waals surface area contributed by atoms with Crippen molar-refractivity contribution in [1.29, 1.82) is 0 Å². The van der Waals surface area contributed by atoms with Crippen LogP contribution in [-0.4, -0.2) is 37.9 Å². The number of furan rings is 1. The highest BCUT2D eigenvalue weighted by Gasteiger charge is 2.19. The first-order chi connectivity index (χ1) is 15.6. The molecule has 0 aliphatic rings. The summed E-state index contributed by atoms with van der Waals surface area (Å²) < 4.78 is 7.50. The van der Waals surface area contributed by atoms with Crippen molar-refractivity contribution >= 4 is 29.3 Å². The summed E-state index contributed by atoms with van der Waals surface area (Å²) in [6, 6.07) is 21.2. The van der Waals surface area contributed by atoms with Crippen molar-refractivity contribution < 1.29 is 9.21 Å². The molecule has 0 saturated heterocycles. The standard InChI is InChI=1S/C24H23ClN4O2S/c1-2-28(15-18-7-4-3-5-8-18)22(30)17-32-24-27-26-23(19-10-12-20(25)13-11-19)29(24)16-21-9-6-14-31-21/h3-14H,2,15-17H2,1H3. The molecule has 2 heterocycles. The van der Waals surface area contributed by atoms with Crippen LogP contribution in [0.4, 0.5) is 0 Å². The molecule has 6 nitrogen and oxygen atoms in total. The Morgan fingerprint density at radius 2 is 1.84 bits per heavy atom. The fraction of sp³-hybridized carbons (Fsp3) is 0.208. The third kappa shape index (κ3) is 5.41. The minimum atomic E-state index is 0.0574. The summed E-state index contributed by atoms with van der Waals surface area (Å²) >= 11 is 7.42. The van der Waals surface area contributed by atoms with Crippen LogP contribution in [0.25, 0.3) is 11.4 Å². The summed E-state index contributed by atoms with van der Waals surface area (Å²) in [5, 5.41) is 10.1. The Balaban J connectivity index is 1.52. The number of benzene rings is 2. The molecule has 2 aromatic carbocycles. The second-order valence-corrected chi connectivity index (χ2v) is 8.54. The maximum atomic E-state index is 12.9. The van der Waals surface area contributed by atoms with Crippen molar-refractivity contribution in [1.82, 2.24) is 19.7 Å². The van der Waals surface area contributed by atoms with E-state index in [4.69, 9.17) is 16.0 Å². The average molecular weight is 467 g/mol. The van der Waals surface area contributed by atoms with Gasteiger partial charge in [0.15, 0.2) is 11.0 Å². The fourth-order valence-electron chi connectivity index (χ4n) is 3.31. The van der Waals surface area contributed by atoms with Crippen LogP contribution >= 0.6 is 23.4 Å². The summed E-state index contributed by atoms with van der Waals surface area (Å²) in [5.41, 5.74) is 2.00. The van der Waals surface area contributed by atoms with Gasteiger partial charge in [-0.1, -0.05) is 53.7 Å². The highest BCUT2D eigenvalue weighted by Crippen LogP contribution is 2.26. The second kappa shape index (κ2) is 10.5. The molecule has 32 heavy (non-hydrogen) atoms. The number of halogens is 1. The molecule has 0 N–H and O–H groups in total. The molecule has 0 spiro atoms. The lowest BCUT2D eigenvalue weighted by atomic mass is 10.2. The molecular formula is C24H23ClN4O2S.